The Bertz CT molecular complexity index is 1400. The first-order valence-electron chi connectivity index (χ1n) is 11.5. The van der Waals surface area contributed by atoms with Crippen LogP contribution < -0.4 is 5.32 Å². The number of nitrogens with one attached hydrogen (secondary N) is 2. The number of likely N-dealkylation sites (tertiary alicyclic amines) is 1. The average molecular weight is 492 g/mol. The standard InChI is InChI=1S/C26H23ClFN5O2/c27-18-3-1-2-14-10-21(33-12-19(28)22(34)13-33)24(23(14)18)32-26(35)15-4-5-20(31-11-15)16-6-8-29-25-17(16)7-9-30-25/h1-9,11,19,21-22,24,34H,10,12-13H2,(H,29,30)(H,32,35)/t19-,21+,22-,24-/m0/s1. The molecule has 0 saturated carbocycles. The Hall–Kier alpha value is -3.33. The Morgan fingerprint density at radius 3 is 2.83 bits per heavy atom. The summed E-state index contributed by atoms with van der Waals surface area (Å²) in [6.45, 7) is 0.346. The van der Waals surface area contributed by atoms with Crippen LogP contribution in [-0.2, 0) is 6.42 Å². The van der Waals surface area contributed by atoms with E-state index in [0.717, 1.165) is 33.4 Å². The number of halogens is 2. The third-order valence-electron chi connectivity index (χ3n) is 7.03. The van der Waals surface area contributed by atoms with Crippen molar-refractivity contribution >= 4 is 28.5 Å². The molecule has 3 N–H and O–H groups in total. The molecule has 4 aromatic rings. The number of aliphatic hydroxyl groups excluding tert-OH is 1. The smallest absolute Gasteiger partial charge is 0.253 e. The summed E-state index contributed by atoms with van der Waals surface area (Å²) in [6, 6.07) is 12.4. The van der Waals surface area contributed by atoms with E-state index in [9.17, 15) is 14.3 Å². The summed E-state index contributed by atoms with van der Waals surface area (Å²) in [4.78, 5) is 27.1. The summed E-state index contributed by atoms with van der Waals surface area (Å²) >= 11 is 6.54. The first-order chi connectivity index (χ1) is 17.0. The number of aromatic amines is 1. The van der Waals surface area contributed by atoms with E-state index in [-0.39, 0.29) is 25.0 Å². The van der Waals surface area contributed by atoms with Crippen LogP contribution in [0.5, 0.6) is 0 Å². The molecule has 1 aromatic carbocycles. The van der Waals surface area contributed by atoms with Crippen LogP contribution in [-0.4, -0.2) is 62.3 Å². The minimum atomic E-state index is -1.30. The van der Waals surface area contributed by atoms with Crippen LogP contribution in [0.2, 0.25) is 5.02 Å². The number of hydrogen-bond donors (Lipinski definition) is 3. The van der Waals surface area contributed by atoms with Gasteiger partial charge in [0.05, 0.1) is 23.4 Å². The fourth-order valence-corrected chi connectivity index (χ4v) is 5.61. The van der Waals surface area contributed by atoms with Crippen LogP contribution in [0.1, 0.15) is 27.5 Å². The summed E-state index contributed by atoms with van der Waals surface area (Å²) in [5.41, 5.74) is 4.72. The van der Waals surface area contributed by atoms with Gasteiger partial charge in [0.15, 0.2) is 0 Å². The van der Waals surface area contributed by atoms with E-state index in [2.05, 4.69) is 20.3 Å². The number of benzene rings is 1. The Morgan fingerprint density at radius 2 is 2.06 bits per heavy atom. The molecule has 1 saturated heterocycles. The van der Waals surface area contributed by atoms with Crippen LogP contribution in [0, 0.1) is 0 Å². The van der Waals surface area contributed by atoms with Crippen LogP contribution in [0.3, 0.4) is 0 Å². The molecule has 6 rings (SSSR count). The predicted molar refractivity (Wildman–Crippen MR) is 131 cm³/mol. The maximum Gasteiger partial charge on any atom is 0.253 e. The number of aliphatic hydroxyl groups is 1. The predicted octanol–water partition coefficient (Wildman–Crippen LogP) is 3.69. The van der Waals surface area contributed by atoms with Crippen molar-refractivity contribution in [3.63, 3.8) is 0 Å². The molecule has 1 amide bonds. The Kier molecular flexibility index (Phi) is 5.51. The quantitative estimate of drug-likeness (QED) is 0.405. The third-order valence-corrected chi connectivity index (χ3v) is 7.36. The molecule has 0 radical (unpaired) electrons. The Morgan fingerprint density at radius 1 is 1.17 bits per heavy atom. The van der Waals surface area contributed by atoms with Crippen molar-refractivity contribution in [2.45, 2.75) is 30.8 Å². The van der Waals surface area contributed by atoms with E-state index in [1.54, 1.807) is 24.5 Å². The number of β-amino-alcohol motifs (C(OH)–C–C–N with tert-alkyl or cyclic N) is 1. The van der Waals surface area contributed by atoms with Gasteiger partial charge >= 0.3 is 0 Å². The van der Waals surface area contributed by atoms with Crippen LogP contribution >= 0.6 is 11.6 Å². The molecule has 0 unspecified atom stereocenters. The molecule has 1 fully saturated rings. The number of aromatic nitrogens is 3. The van der Waals surface area contributed by atoms with E-state index >= 15 is 0 Å². The van der Waals surface area contributed by atoms with Crippen molar-refractivity contribution in [3.05, 3.63) is 82.8 Å². The van der Waals surface area contributed by atoms with Crippen LogP contribution in [0.15, 0.2) is 61.1 Å². The van der Waals surface area contributed by atoms with Crippen molar-refractivity contribution in [2.75, 3.05) is 13.1 Å². The van der Waals surface area contributed by atoms with Crippen molar-refractivity contribution < 1.29 is 14.3 Å². The molecule has 7 nitrogen and oxygen atoms in total. The molecule has 1 aliphatic carbocycles. The van der Waals surface area contributed by atoms with Crippen LogP contribution in [0.4, 0.5) is 4.39 Å². The number of H-pyrrole nitrogens is 1. The second-order valence-corrected chi connectivity index (χ2v) is 9.51. The summed E-state index contributed by atoms with van der Waals surface area (Å²) in [6.07, 6.45) is 3.39. The molecule has 0 spiro atoms. The van der Waals surface area contributed by atoms with Gasteiger partial charge in [0, 0.05) is 53.7 Å². The van der Waals surface area contributed by atoms with E-state index in [1.165, 1.54) is 0 Å². The molecular weight excluding hydrogens is 469 g/mol. The minimum Gasteiger partial charge on any atom is -0.389 e. The largest absolute Gasteiger partial charge is 0.389 e. The Balaban J connectivity index is 1.27. The zero-order chi connectivity index (χ0) is 24.1. The third kappa shape index (κ3) is 3.87. The molecule has 35 heavy (non-hydrogen) atoms. The number of fused-ring (bicyclic) bond motifs is 2. The maximum atomic E-state index is 14.1. The van der Waals surface area contributed by atoms with Crippen LogP contribution in [0.25, 0.3) is 22.3 Å². The lowest BCUT2D eigenvalue weighted by atomic mass is 10.0. The molecule has 0 bridgehead atoms. The summed E-state index contributed by atoms with van der Waals surface area (Å²) in [5, 5.41) is 14.6. The van der Waals surface area contributed by atoms with Gasteiger partial charge in [-0.15, -0.1) is 0 Å². The first-order valence-corrected chi connectivity index (χ1v) is 11.9. The van der Waals surface area contributed by atoms with E-state index < -0.39 is 18.3 Å². The van der Waals surface area contributed by atoms with Gasteiger partial charge in [-0.1, -0.05) is 23.7 Å². The molecule has 4 heterocycles. The second kappa shape index (κ2) is 8.71. The summed E-state index contributed by atoms with van der Waals surface area (Å²) < 4.78 is 14.1. The SMILES string of the molecule is O=C(N[C@@H]1c2c(Cl)cccc2C[C@H]1N1C[C@H](O)[C@@H](F)C1)c1ccc(-c2ccnc3[nH]ccc23)nc1. The number of pyridine rings is 2. The number of hydrogen-bond acceptors (Lipinski definition) is 5. The lowest BCUT2D eigenvalue weighted by molar-refractivity contribution is 0.0897. The average Bonchev–Trinajstić information content (AvgIpc) is 3.57. The number of carbonyl (C=O) groups is 1. The molecule has 1 aliphatic heterocycles. The van der Waals surface area contributed by atoms with Gasteiger partial charge < -0.3 is 15.4 Å². The summed E-state index contributed by atoms with van der Waals surface area (Å²) in [7, 11) is 0. The highest BCUT2D eigenvalue weighted by molar-refractivity contribution is 6.31. The van der Waals surface area contributed by atoms with Gasteiger partial charge in [0.2, 0.25) is 0 Å². The molecule has 4 atom stereocenters. The van der Waals surface area contributed by atoms with Gasteiger partial charge in [-0.3, -0.25) is 14.7 Å². The highest BCUT2D eigenvalue weighted by Gasteiger charge is 2.43. The molecular formula is C26H23ClFN5O2. The summed E-state index contributed by atoms with van der Waals surface area (Å²) in [5.74, 6) is -0.287. The number of carbonyl (C=O) groups excluding carboxylic acids is 1. The first kappa shape index (κ1) is 22.2. The van der Waals surface area contributed by atoms with E-state index in [4.69, 9.17) is 11.6 Å². The second-order valence-electron chi connectivity index (χ2n) is 9.10. The van der Waals surface area contributed by atoms with E-state index in [0.29, 0.717) is 17.0 Å². The van der Waals surface area contributed by atoms with Crippen molar-refractivity contribution in [1.82, 2.24) is 25.2 Å². The van der Waals surface area contributed by atoms with Crippen molar-refractivity contribution in [2.24, 2.45) is 0 Å². The molecule has 178 valence electrons. The Labute approximate surface area is 206 Å². The highest BCUT2D eigenvalue weighted by atomic mass is 35.5. The van der Waals surface area contributed by atoms with Crippen molar-refractivity contribution in [3.8, 4) is 11.3 Å². The maximum absolute atomic E-state index is 14.1. The number of nitrogens with zero attached hydrogens (tertiary/aromatic N) is 3. The number of alkyl halides is 1. The minimum absolute atomic E-state index is 0.125. The van der Waals surface area contributed by atoms with Crippen molar-refractivity contribution in [1.29, 1.82) is 0 Å². The molecule has 3 aromatic heterocycles. The molecule has 2 aliphatic rings. The van der Waals surface area contributed by atoms with Gasteiger partial charge in [0.1, 0.15) is 11.8 Å². The van der Waals surface area contributed by atoms with E-state index in [1.807, 2.05) is 41.4 Å². The van der Waals surface area contributed by atoms with Gasteiger partial charge in [0.25, 0.3) is 5.91 Å². The fraction of sp³-hybridized carbons (Fsp3) is 0.269. The monoisotopic (exact) mass is 491 g/mol. The number of amides is 1. The van der Waals surface area contributed by atoms with Gasteiger partial charge in [-0.05, 0) is 47.9 Å². The zero-order valence-electron chi connectivity index (χ0n) is 18.7. The van der Waals surface area contributed by atoms with Gasteiger partial charge in [-0.25, -0.2) is 9.37 Å². The normalized spacial score (nSPS) is 24.1. The lowest BCUT2D eigenvalue weighted by Crippen LogP contribution is -2.44. The van der Waals surface area contributed by atoms with Gasteiger partial charge in [-0.2, -0.15) is 0 Å². The topological polar surface area (TPSA) is 94.1 Å². The molecule has 9 heteroatoms. The zero-order valence-corrected chi connectivity index (χ0v) is 19.4. The highest BCUT2D eigenvalue weighted by Crippen LogP contribution is 2.40. The number of rotatable bonds is 4. The lowest BCUT2D eigenvalue weighted by Gasteiger charge is -2.30. The fourth-order valence-electron chi connectivity index (χ4n) is 5.29.